The summed E-state index contributed by atoms with van der Waals surface area (Å²) in [7, 11) is -3.93. The number of carbonyl (C=O) groups excluding carboxylic acids is 1. The molecule has 10 heteroatoms. The van der Waals surface area contributed by atoms with Crippen LogP contribution in [-0.4, -0.2) is 55.5 Å². The van der Waals surface area contributed by atoms with E-state index in [0.29, 0.717) is 22.6 Å². The van der Waals surface area contributed by atoms with E-state index in [1.54, 1.807) is 17.0 Å². The Morgan fingerprint density at radius 3 is 2.28 bits per heavy atom. The van der Waals surface area contributed by atoms with Crippen LogP contribution in [0.4, 0.5) is 8.78 Å². The number of rotatable bonds is 6. The lowest BCUT2D eigenvalue weighted by Gasteiger charge is -2.34. The average molecular weight is 461 g/mol. The molecule has 2 aromatic rings. The maximum Gasteiger partial charge on any atom is 0.243 e. The molecule has 156 valence electrons. The van der Waals surface area contributed by atoms with Gasteiger partial charge in [0.05, 0.1) is 10.6 Å². The van der Waals surface area contributed by atoms with Crippen LogP contribution in [0.2, 0.25) is 5.02 Å². The fraction of sp³-hybridized carbons (Fsp3) is 0.316. The maximum atomic E-state index is 13.4. The van der Waals surface area contributed by atoms with E-state index >= 15 is 0 Å². The van der Waals surface area contributed by atoms with Crippen LogP contribution in [0.3, 0.4) is 0 Å². The molecule has 29 heavy (non-hydrogen) atoms. The summed E-state index contributed by atoms with van der Waals surface area (Å²) in [5, 5.41) is 0.658. The van der Waals surface area contributed by atoms with Crippen molar-refractivity contribution in [1.29, 1.82) is 0 Å². The molecule has 0 atom stereocenters. The number of carbonyl (C=O) groups is 1. The third kappa shape index (κ3) is 5.48. The van der Waals surface area contributed by atoms with Crippen LogP contribution < -0.4 is 0 Å². The molecule has 0 saturated carbocycles. The predicted molar refractivity (Wildman–Crippen MR) is 109 cm³/mol. The number of halogens is 3. The molecule has 2 aromatic carbocycles. The Hall–Kier alpha value is -1.68. The monoisotopic (exact) mass is 460 g/mol. The zero-order chi connectivity index (χ0) is 21.0. The molecule has 1 aliphatic heterocycles. The third-order valence-electron chi connectivity index (χ3n) is 4.53. The summed E-state index contributed by atoms with van der Waals surface area (Å²) in [6, 6.07) is 9.91. The number of hydrogen-bond donors (Lipinski definition) is 0. The maximum absolute atomic E-state index is 13.4. The van der Waals surface area contributed by atoms with Gasteiger partial charge in [0.2, 0.25) is 15.9 Å². The van der Waals surface area contributed by atoms with Gasteiger partial charge in [0, 0.05) is 37.0 Å². The van der Waals surface area contributed by atoms with Crippen molar-refractivity contribution in [3.63, 3.8) is 0 Å². The molecule has 1 saturated heterocycles. The second kappa shape index (κ2) is 9.42. The molecule has 5 nitrogen and oxygen atoms in total. The number of benzene rings is 2. The molecular formula is C19H19ClF2N2O3S2. The highest BCUT2D eigenvalue weighted by Crippen LogP contribution is 2.21. The van der Waals surface area contributed by atoms with Crippen LogP contribution in [0.15, 0.2) is 47.4 Å². The Bertz CT molecular complexity index is 979. The summed E-state index contributed by atoms with van der Waals surface area (Å²) in [6.45, 7) is 0.719. The van der Waals surface area contributed by atoms with E-state index in [4.69, 9.17) is 11.6 Å². The third-order valence-corrected chi connectivity index (χ3v) is 7.66. The largest absolute Gasteiger partial charge is 0.339 e. The molecule has 0 N–H and O–H groups in total. The van der Waals surface area contributed by atoms with Crippen molar-refractivity contribution in [2.75, 3.05) is 31.9 Å². The first kappa shape index (κ1) is 22.0. The summed E-state index contributed by atoms with van der Waals surface area (Å²) in [5.74, 6) is -1.41. The van der Waals surface area contributed by atoms with Gasteiger partial charge in [-0.2, -0.15) is 4.31 Å². The van der Waals surface area contributed by atoms with E-state index in [-0.39, 0.29) is 37.0 Å². The number of hydrogen-bond acceptors (Lipinski definition) is 4. The van der Waals surface area contributed by atoms with E-state index in [9.17, 15) is 22.0 Å². The van der Waals surface area contributed by atoms with Crippen molar-refractivity contribution in [3.05, 3.63) is 64.7 Å². The SMILES string of the molecule is O=C(CSCc1ccc(Cl)cc1)N1CCN(S(=O)(=O)c2ccc(F)c(F)c2)CC1. The highest BCUT2D eigenvalue weighted by Gasteiger charge is 2.30. The van der Waals surface area contributed by atoms with Crippen molar-refractivity contribution in [3.8, 4) is 0 Å². The fourth-order valence-electron chi connectivity index (χ4n) is 2.89. The van der Waals surface area contributed by atoms with Gasteiger partial charge in [0.15, 0.2) is 11.6 Å². The van der Waals surface area contributed by atoms with Crippen LogP contribution >= 0.6 is 23.4 Å². The summed E-state index contributed by atoms with van der Waals surface area (Å²) >= 11 is 7.32. The lowest BCUT2D eigenvalue weighted by Crippen LogP contribution is -2.51. The molecular weight excluding hydrogens is 442 g/mol. The number of sulfonamides is 1. The van der Waals surface area contributed by atoms with Gasteiger partial charge in [0.25, 0.3) is 0 Å². The van der Waals surface area contributed by atoms with Crippen LogP contribution in [0.25, 0.3) is 0 Å². The number of nitrogens with zero attached hydrogens (tertiary/aromatic N) is 2. The van der Waals surface area contributed by atoms with Crippen molar-refractivity contribution >= 4 is 39.3 Å². The van der Waals surface area contributed by atoms with E-state index in [2.05, 4.69) is 0 Å². The Morgan fingerprint density at radius 1 is 1.00 bits per heavy atom. The van der Waals surface area contributed by atoms with Crippen molar-refractivity contribution < 1.29 is 22.0 Å². The first-order valence-corrected chi connectivity index (χ1v) is 11.8. The highest BCUT2D eigenvalue weighted by molar-refractivity contribution is 7.99. The van der Waals surface area contributed by atoms with Crippen LogP contribution in [0.5, 0.6) is 0 Å². The normalized spacial score (nSPS) is 15.5. The number of piperazine rings is 1. The Labute approximate surface area is 177 Å². The van der Waals surface area contributed by atoms with Crippen molar-refractivity contribution in [1.82, 2.24) is 9.21 Å². The summed E-state index contributed by atoms with van der Waals surface area (Å²) in [6.07, 6.45) is 0. The molecule has 0 aliphatic carbocycles. The highest BCUT2D eigenvalue weighted by atomic mass is 35.5. The second-order valence-corrected chi connectivity index (χ2v) is 9.84. The molecule has 0 bridgehead atoms. The van der Waals surface area contributed by atoms with Crippen molar-refractivity contribution in [2.45, 2.75) is 10.6 Å². The average Bonchev–Trinajstić information content (AvgIpc) is 2.71. The Morgan fingerprint density at radius 2 is 1.66 bits per heavy atom. The van der Waals surface area contributed by atoms with Gasteiger partial charge in [-0.15, -0.1) is 11.8 Å². The molecule has 1 aliphatic rings. The standard InChI is InChI=1S/C19H19ClF2N2O3S2/c20-15-3-1-14(2-4-15)12-28-13-19(25)23-7-9-24(10-8-23)29(26,27)16-5-6-17(21)18(22)11-16/h1-6,11H,7-10,12-13H2. The zero-order valence-corrected chi connectivity index (χ0v) is 17.7. The van der Waals surface area contributed by atoms with Gasteiger partial charge >= 0.3 is 0 Å². The van der Waals surface area contributed by atoms with E-state index in [1.807, 2.05) is 12.1 Å². The molecule has 0 spiro atoms. The van der Waals surface area contributed by atoms with Crippen molar-refractivity contribution in [2.24, 2.45) is 0 Å². The van der Waals surface area contributed by atoms with Crippen LogP contribution in [-0.2, 0) is 20.6 Å². The minimum atomic E-state index is -3.93. The molecule has 0 radical (unpaired) electrons. The van der Waals surface area contributed by atoms with Gasteiger partial charge in [0.1, 0.15) is 0 Å². The summed E-state index contributed by atoms with van der Waals surface area (Å²) in [5.41, 5.74) is 1.06. The van der Waals surface area contributed by atoms with Gasteiger partial charge in [-0.05, 0) is 35.9 Å². The predicted octanol–water partition coefficient (Wildman–Crippen LogP) is 3.38. The lowest BCUT2D eigenvalue weighted by molar-refractivity contribution is -0.129. The lowest BCUT2D eigenvalue weighted by atomic mass is 10.2. The first-order valence-electron chi connectivity index (χ1n) is 8.82. The van der Waals surface area contributed by atoms with Gasteiger partial charge in [-0.1, -0.05) is 23.7 Å². The zero-order valence-electron chi connectivity index (χ0n) is 15.4. The molecule has 1 fully saturated rings. The molecule has 1 amide bonds. The van der Waals surface area contributed by atoms with Gasteiger partial charge in [-0.3, -0.25) is 4.79 Å². The minimum Gasteiger partial charge on any atom is -0.339 e. The molecule has 0 unspecified atom stereocenters. The van der Waals surface area contributed by atoms with E-state index in [0.717, 1.165) is 17.7 Å². The fourth-order valence-corrected chi connectivity index (χ4v) is 5.34. The molecule has 3 rings (SSSR count). The summed E-state index contributed by atoms with van der Waals surface area (Å²) < 4.78 is 52.8. The molecule has 0 aromatic heterocycles. The molecule has 1 heterocycles. The number of thioether (sulfide) groups is 1. The Kier molecular flexibility index (Phi) is 7.15. The van der Waals surface area contributed by atoms with E-state index < -0.39 is 21.7 Å². The van der Waals surface area contributed by atoms with Crippen LogP contribution in [0, 0.1) is 11.6 Å². The van der Waals surface area contributed by atoms with Gasteiger partial charge < -0.3 is 4.90 Å². The van der Waals surface area contributed by atoms with Crippen LogP contribution in [0.1, 0.15) is 5.56 Å². The second-order valence-electron chi connectivity index (χ2n) is 6.48. The quantitative estimate of drug-likeness (QED) is 0.663. The van der Waals surface area contributed by atoms with Gasteiger partial charge in [-0.25, -0.2) is 17.2 Å². The smallest absolute Gasteiger partial charge is 0.243 e. The minimum absolute atomic E-state index is 0.0613. The number of amides is 1. The first-order chi connectivity index (χ1) is 13.8. The topological polar surface area (TPSA) is 57.7 Å². The Balaban J connectivity index is 1.50. The van der Waals surface area contributed by atoms with E-state index in [1.165, 1.54) is 16.1 Å². The summed E-state index contributed by atoms with van der Waals surface area (Å²) in [4.78, 5) is 13.7.